The van der Waals surface area contributed by atoms with E-state index in [4.69, 9.17) is 0 Å². The smallest absolute Gasteiger partial charge is 0.0462 e. The van der Waals surface area contributed by atoms with E-state index >= 15 is 0 Å². The predicted molar refractivity (Wildman–Crippen MR) is 238 cm³/mol. The molecule has 0 saturated carbocycles. The maximum atomic E-state index is 2.40. The number of hydrogen-bond donors (Lipinski definition) is 0. The standard InChI is InChI=1S/C53H45N3/c1-38-20-28-46(29-21-38)56(45-18-12-7-13-19-45)48-32-24-40(25-33-48)42-27-35-52-50(37-42)53(2,3)49-36-41(26-34-51(49)54(52)4)39-22-30-47(31-23-39)55(43-14-8-5-9-15-43)44-16-10-6-11-17-44/h5-37H,1-4H3. The van der Waals surface area contributed by atoms with Crippen LogP contribution in [0.4, 0.5) is 45.5 Å². The summed E-state index contributed by atoms with van der Waals surface area (Å²) >= 11 is 0. The maximum Gasteiger partial charge on any atom is 0.0462 e. The normalized spacial score (nSPS) is 12.8. The summed E-state index contributed by atoms with van der Waals surface area (Å²) in [6.07, 6.45) is 0. The van der Waals surface area contributed by atoms with Crippen molar-refractivity contribution in [3.05, 3.63) is 217 Å². The van der Waals surface area contributed by atoms with Crippen LogP contribution in [0.2, 0.25) is 0 Å². The fourth-order valence-electron chi connectivity index (χ4n) is 8.22. The first-order valence-electron chi connectivity index (χ1n) is 19.4. The highest BCUT2D eigenvalue weighted by Gasteiger charge is 2.35. The highest BCUT2D eigenvalue weighted by Crippen LogP contribution is 2.50. The molecule has 8 aromatic rings. The third kappa shape index (κ3) is 6.41. The molecule has 0 amide bonds. The number of fused-ring (bicyclic) bond motifs is 2. The van der Waals surface area contributed by atoms with Gasteiger partial charge in [0.2, 0.25) is 0 Å². The van der Waals surface area contributed by atoms with Gasteiger partial charge >= 0.3 is 0 Å². The van der Waals surface area contributed by atoms with Gasteiger partial charge in [-0.15, -0.1) is 0 Å². The molecule has 8 aromatic carbocycles. The Kier molecular flexibility index (Phi) is 8.99. The van der Waals surface area contributed by atoms with Crippen molar-refractivity contribution in [2.24, 2.45) is 0 Å². The Bertz CT molecular complexity index is 2560. The van der Waals surface area contributed by atoms with Gasteiger partial charge < -0.3 is 14.7 Å². The summed E-state index contributed by atoms with van der Waals surface area (Å²) in [5, 5.41) is 0. The number of benzene rings is 8. The summed E-state index contributed by atoms with van der Waals surface area (Å²) in [5.74, 6) is 0. The van der Waals surface area contributed by atoms with Crippen LogP contribution in [-0.2, 0) is 5.41 Å². The molecule has 272 valence electrons. The number of rotatable bonds is 8. The molecular weight excluding hydrogens is 679 g/mol. The summed E-state index contributed by atoms with van der Waals surface area (Å²) in [7, 11) is 2.20. The molecule has 0 N–H and O–H groups in total. The highest BCUT2D eigenvalue weighted by atomic mass is 15.1. The number of hydrogen-bond acceptors (Lipinski definition) is 3. The van der Waals surface area contributed by atoms with Crippen molar-refractivity contribution in [1.29, 1.82) is 0 Å². The second-order valence-corrected chi connectivity index (χ2v) is 15.3. The Morgan fingerprint density at radius 1 is 0.357 bits per heavy atom. The van der Waals surface area contributed by atoms with Crippen LogP contribution >= 0.6 is 0 Å². The lowest BCUT2D eigenvalue weighted by Gasteiger charge is -2.41. The Morgan fingerprint density at radius 3 is 1.02 bits per heavy atom. The third-order valence-corrected chi connectivity index (χ3v) is 11.3. The van der Waals surface area contributed by atoms with Crippen molar-refractivity contribution < 1.29 is 0 Å². The molecule has 1 aliphatic heterocycles. The molecule has 0 fully saturated rings. The van der Waals surface area contributed by atoms with E-state index in [1.54, 1.807) is 0 Å². The largest absolute Gasteiger partial charge is 0.344 e. The summed E-state index contributed by atoms with van der Waals surface area (Å²) < 4.78 is 0. The van der Waals surface area contributed by atoms with Gasteiger partial charge in [-0.3, -0.25) is 0 Å². The van der Waals surface area contributed by atoms with Crippen LogP contribution in [-0.4, -0.2) is 7.05 Å². The molecule has 56 heavy (non-hydrogen) atoms. The predicted octanol–water partition coefficient (Wildman–Crippen LogP) is 14.7. The molecule has 1 aliphatic rings. The second-order valence-electron chi connectivity index (χ2n) is 15.3. The molecule has 0 unspecified atom stereocenters. The molecule has 0 aromatic heterocycles. The zero-order valence-electron chi connectivity index (χ0n) is 32.4. The third-order valence-electron chi connectivity index (χ3n) is 11.3. The Hall–Kier alpha value is -6.84. The van der Waals surface area contributed by atoms with Crippen molar-refractivity contribution in [3.63, 3.8) is 0 Å². The number of nitrogens with zero attached hydrogens (tertiary/aromatic N) is 3. The monoisotopic (exact) mass is 723 g/mol. The van der Waals surface area contributed by atoms with E-state index in [1.807, 2.05) is 0 Å². The fourth-order valence-corrected chi connectivity index (χ4v) is 8.22. The lowest BCUT2D eigenvalue weighted by Crippen LogP contribution is -2.30. The van der Waals surface area contributed by atoms with Gasteiger partial charge in [-0.05, 0) is 137 Å². The minimum Gasteiger partial charge on any atom is -0.344 e. The van der Waals surface area contributed by atoms with Crippen molar-refractivity contribution in [2.45, 2.75) is 26.2 Å². The van der Waals surface area contributed by atoms with Gasteiger partial charge in [-0.2, -0.15) is 0 Å². The molecule has 0 spiro atoms. The van der Waals surface area contributed by atoms with E-state index in [9.17, 15) is 0 Å². The molecular formula is C53H45N3. The topological polar surface area (TPSA) is 9.72 Å². The highest BCUT2D eigenvalue weighted by molar-refractivity contribution is 5.85. The first-order chi connectivity index (χ1) is 27.3. The lowest BCUT2D eigenvalue weighted by atomic mass is 9.72. The molecule has 0 bridgehead atoms. The van der Waals surface area contributed by atoms with Crippen LogP contribution in [0, 0.1) is 6.92 Å². The first-order valence-corrected chi connectivity index (χ1v) is 19.4. The van der Waals surface area contributed by atoms with Gasteiger partial charge in [0, 0.05) is 58.0 Å². The summed E-state index contributed by atoms with van der Waals surface area (Å²) in [6, 6.07) is 72.4. The van der Waals surface area contributed by atoms with E-state index in [0.717, 1.165) is 34.1 Å². The van der Waals surface area contributed by atoms with Gasteiger partial charge in [-0.25, -0.2) is 0 Å². The summed E-state index contributed by atoms with van der Waals surface area (Å²) in [4.78, 5) is 6.98. The molecule has 9 rings (SSSR count). The maximum absolute atomic E-state index is 2.40. The fraction of sp³-hybridized carbons (Fsp3) is 0.0943. The minimum absolute atomic E-state index is 0.212. The van der Waals surface area contributed by atoms with Gasteiger partial charge in [-0.1, -0.05) is 123 Å². The molecule has 3 heteroatoms. The van der Waals surface area contributed by atoms with Crippen LogP contribution < -0.4 is 14.7 Å². The number of anilines is 8. The Balaban J connectivity index is 1.03. The van der Waals surface area contributed by atoms with Gasteiger partial charge in [0.25, 0.3) is 0 Å². The van der Waals surface area contributed by atoms with Gasteiger partial charge in [0.05, 0.1) is 0 Å². The zero-order chi connectivity index (χ0) is 38.2. The second kappa shape index (κ2) is 14.4. The van der Waals surface area contributed by atoms with Crippen molar-refractivity contribution >= 4 is 45.5 Å². The molecule has 0 saturated heterocycles. The van der Waals surface area contributed by atoms with Crippen LogP contribution in [0.5, 0.6) is 0 Å². The van der Waals surface area contributed by atoms with Crippen molar-refractivity contribution in [2.75, 3.05) is 21.7 Å². The van der Waals surface area contributed by atoms with Gasteiger partial charge in [0.1, 0.15) is 0 Å². The number of para-hydroxylation sites is 3. The molecule has 3 nitrogen and oxygen atoms in total. The van der Waals surface area contributed by atoms with E-state index in [1.165, 1.54) is 50.3 Å². The lowest BCUT2D eigenvalue weighted by molar-refractivity contribution is 0.630. The number of aryl methyl sites for hydroxylation is 1. The molecule has 0 radical (unpaired) electrons. The van der Waals surface area contributed by atoms with Crippen LogP contribution in [0.3, 0.4) is 0 Å². The zero-order valence-corrected chi connectivity index (χ0v) is 32.4. The Morgan fingerprint density at radius 2 is 0.661 bits per heavy atom. The van der Waals surface area contributed by atoms with E-state index in [2.05, 4.69) is 243 Å². The van der Waals surface area contributed by atoms with Crippen LogP contribution in [0.15, 0.2) is 200 Å². The Labute approximate surface area is 331 Å². The van der Waals surface area contributed by atoms with Crippen LogP contribution in [0.25, 0.3) is 22.3 Å². The minimum atomic E-state index is -0.212. The SMILES string of the molecule is Cc1ccc(N(c2ccccc2)c2ccc(-c3ccc4c(c3)C(C)(C)c3cc(-c5ccc(N(c6ccccc6)c6ccccc6)cc5)ccc3N4C)cc2)cc1. The average molecular weight is 724 g/mol. The molecule has 0 aliphatic carbocycles. The summed E-state index contributed by atoms with van der Waals surface area (Å²) in [5.41, 5.74) is 17.8. The van der Waals surface area contributed by atoms with Crippen molar-refractivity contribution in [3.8, 4) is 22.3 Å². The first kappa shape index (κ1) is 34.9. The van der Waals surface area contributed by atoms with E-state index in [0.29, 0.717) is 0 Å². The molecule has 1 heterocycles. The molecule has 0 atom stereocenters. The van der Waals surface area contributed by atoms with Crippen LogP contribution in [0.1, 0.15) is 30.5 Å². The van der Waals surface area contributed by atoms with Gasteiger partial charge in [0.15, 0.2) is 0 Å². The van der Waals surface area contributed by atoms with E-state index in [-0.39, 0.29) is 5.41 Å². The van der Waals surface area contributed by atoms with Crippen molar-refractivity contribution in [1.82, 2.24) is 0 Å². The summed E-state index contributed by atoms with van der Waals surface area (Å²) in [6.45, 7) is 6.87. The quantitative estimate of drug-likeness (QED) is 0.155. The van der Waals surface area contributed by atoms with E-state index < -0.39 is 0 Å². The average Bonchev–Trinajstić information content (AvgIpc) is 3.25.